The average molecular weight is 314 g/mol. The van der Waals surface area contributed by atoms with E-state index in [9.17, 15) is 9.59 Å². The monoisotopic (exact) mass is 314 g/mol. The molecule has 1 unspecified atom stereocenters. The van der Waals surface area contributed by atoms with Gasteiger partial charge in [0.15, 0.2) is 0 Å². The molecule has 0 aromatic heterocycles. The summed E-state index contributed by atoms with van der Waals surface area (Å²) in [6.45, 7) is 5.29. The minimum Gasteiger partial charge on any atom is -0.463 e. The second-order valence-electron chi connectivity index (χ2n) is 3.07. The van der Waals surface area contributed by atoms with Gasteiger partial charge in [-0.25, -0.2) is 0 Å². The largest absolute Gasteiger partial charge is 0.463 e. The fourth-order valence-electron chi connectivity index (χ4n) is 0.766. The van der Waals surface area contributed by atoms with E-state index < -0.39 is 0 Å². The molecule has 82 valence electrons. The molecular weight excluding hydrogens is 299 g/mol. The summed E-state index contributed by atoms with van der Waals surface area (Å²) in [6, 6.07) is 0. The zero-order valence-electron chi connectivity index (χ0n) is 8.58. The Labute approximate surface area is 97.5 Å². The van der Waals surface area contributed by atoms with Crippen molar-refractivity contribution in [3.8, 4) is 0 Å². The normalized spacial score (nSPS) is 12.4. The average Bonchev–Trinajstić information content (AvgIpc) is 1.98. The Morgan fingerprint density at radius 2 is 1.50 bits per heavy atom. The summed E-state index contributed by atoms with van der Waals surface area (Å²) in [6.07, 6.45) is 0.0289. The van der Waals surface area contributed by atoms with Crippen molar-refractivity contribution in [1.82, 2.24) is 0 Å². The Morgan fingerprint density at radius 1 is 1.07 bits per heavy atom. The molecule has 4 nitrogen and oxygen atoms in total. The summed E-state index contributed by atoms with van der Waals surface area (Å²) in [5.41, 5.74) is 0. The van der Waals surface area contributed by atoms with Gasteiger partial charge in [0, 0.05) is 0 Å². The first-order valence-electron chi connectivity index (χ1n) is 4.45. The fourth-order valence-corrected chi connectivity index (χ4v) is 1.05. The van der Waals surface area contributed by atoms with E-state index in [4.69, 9.17) is 9.47 Å². The molecular formula is C9H15IO4. The van der Waals surface area contributed by atoms with Gasteiger partial charge in [-0.2, -0.15) is 0 Å². The second kappa shape index (κ2) is 7.03. The lowest BCUT2D eigenvalue weighted by Crippen LogP contribution is -2.15. The van der Waals surface area contributed by atoms with E-state index in [1.165, 1.54) is 0 Å². The number of hydrogen-bond acceptors (Lipinski definition) is 4. The van der Waals surface area contributed by atoms with Crippen molar-refractivity contribution in [2.24, 2.45) is 0 Å². The van der Waals surface area contributed by atoms with E-state index in [-0.39, 0.29) is 35.0 Å². The van der Waals surface area contributed by atoms with Crippen molar-refractivity contribution in [3.05, 3.63) is 0 Å². The van der Waals surface area contributed by atoms with Gasteiger partial charge in [-0.15, -0.1) is 0 Å². The highest BCUT2D eigenvalue weighted by molar-refractivity contribution is 14.1. The van der Waals surface area contributed by atoms with Gasteiger partial charge in [-0.05, 0) is 43.4 Å². The Bertz CT molecular complexity index is 179. The highest BCUT2D eigenvalue weighted by Crippen LogP contribution is 2.04. The highest BCUT2D eigenvalue weighted by Gasteiger charge is 2.11. The van der Waals surface area contributed by atoms with Crippen molar-refractivity contribution in [2.45, 2.75) is 43.8 Å². The second-order valence-corrected chi connectivity index (χ2v) is 4.83. The van der Waals surface area contributed by atoms with E-state index in [1.54, 1.807) is 20.8 Å². The molecule has 0 spiro atoms. The molecule has 0 fully saturated rings. The van der Waals surface area contributed by atoms with Gasteiger partial charge in [0.1, 0.15) is 4.11 Å². The lowest BCUT2D eigenvalue weighted by molar-refractivity contribution is -0.152. The van der Waals surface area contributed by atoms with E-state index >= 15 is 0 Å². The summed E-state index contributed by atoms with van der Waals surface area (Å²) in [7, 11) is 0. The first-order valence-corrected chi connectivity index (χ1v) is 5.69. The van der Waals surface area contributed by atoms with Gasteiger partial charge in [0.05, 0.1) is 18.9 Å². The van der Waals surface area contributed by atoms with E-state index in [0.29, 0.717) is 0 Å². The van der Waals surface area contributed by atoms with Crippen LogP contribution < -0.4 is 0 Å². The van der Waals surface area contributed by atoms with E-state index in [2.05, 4.69) is 0 Å². The number of alkyl halides is 1. The summed E-state index contributed by atoms with van der Waals surface area (Å²) in [5, 5.41) is 0. The molecule has 0 aliphatic carbocycles. The maximum Gasteiger partial charge on any atom is 0.307 e. The maximum atomic E-state index is 11.0. The van der Waals surface area contributed by atoms with Crippen LogP contribution in [0.25, 0.3) is 0 Å². The molecule has 14 heavy (non-hydrogen) atoms. The van der Waals surface area contributed by atoms with Crippen LogP contribution in [0.3, 0.4) is 0 Å². The van der Waals surface area contributed by atoms with Crippen molar-refractivity contribution in [3.63, 3.8) is 0 Å². The number of halogens is 1. The number of esters is 2. The van der Waals surface area contributed by atoms with E-state index in [0.717, 1.165) is 0 Å². The lowest BCUT2D eigenvalue weighted by Gasteiger charge is -2.08. The Kier molecular flexibility index (Phi) is 6.86. The summed E-state index contributed by atoms with van der Waals surface area (Å²) >= 11 is 1.98. The van der Waals surface area contributed by atoms with E-state index in [1.807, 2.05) is 22.6 Å². The third-order valence-corrected chi connectivity index (χ3v) is 1.45. The number of ether oxygens (including phenoxy) is 2. The van der Waals surface area contributed by atoms with Crippen LogP contribution in [0.2, 0.25) is 0 Å². The third-order valence-electron chi connectivity index (χ3n) is 1.19. The smallest absolute Gasteiger partial charge is 0.307 e. The van der Waals surface area contributed by atoms with Crippen LogP contribution >= 0.6 is 22.6 Å². The molecule has 0 aliphatic rings. The summed E-state index contributed by atoms with van der Waals surface area (Å²) < 4.78 is 9.54. The zero-order valence-corrected chi connectivity index (χ0v) is 10.7. The van der Waals surface area contributed by atoms with Gasteiger partial charge < -0.3 is 9.47 Å². The maximum absolute atomic E-state index is 11.0. The Hall–Kier alpha value is -0.330. The van der Waals surface area contributed by atoms with Crippen LogP contribution in [-0.4, -0.2) is 22.2 Å². The van der Waals surface area contributed by atoms with Crippen LogP contribution in [0.1, 0.15) is 33.6 Å². The SMILES string of the molecule is CC(C)OC(=O)CCC(=O)OC(C)I. The lowest BCUT2D eigenvalue weighted by atomic mass is 10.3. The molecule has 0 saturated carbocycles. The van der Waals surface area contributed by atoms with Gasteiger partial charge >= 0.3 is 11.9 Å². The molecule has 0 aromatic carbocycles. The quantitative estimate of drug-likeness (QED) is 0.443. The predicted octanol–water partition coefficient (Wildman–Crippen LogP) is 2.04. The van der Waals surface area contributed by atoms with Gasteiger partial charge in [0.25, 0.3) is 0 Å². The highest BCUT2D eigenvalue weighted by atomic mass is 127. The van der Waals surface area contributed by atoms with Crippen LogP contribution in [0.4, 0.5) is 0 Å². The number of hydrogen-bond donors (Lipinski definition) is 0. The molecule has 0 aliphatic heterocycles. The van der Waals surface area contributed by atoms with Crippen LogP contribution in [0, 0.1) is 0 Å². The molecule has 0 N–H and O–H groups in total. The fraction of sp³-hybridized carbons (Fsp3) is 0.778. The summed E-state index contributed by atoms with van der Waals surface area (Å²) in [5.74, 6) is -0.731. The minimum atomic E-state index is -0.368. The Morgan fingerprint density at radius 3 is 1.86 bits per heavy atom. The first-order chi connectivity index (χ1) is 6.41. The van der Waals surface area contributed by atoms with Gasteiger partial charge in [-0.1, -0.05) is 0 Å². The molecule has 0 bridgehead atoms. The molecule has 0 amide bonds. The standard InChI is InChI=1S/C9H15IO4/c1-6(2)13-8(11)4-5-9(12)14-7(3)10/h6-7H,4-5H2,1-3H3. The molecule has 5 heteroatoms. The molecule has 0 radical (unpaired) electrons. The third kappa shape index (κ3) is 8.28. The molecule has 0 rings (SSSR count). The predicted molar refractivity (Wildman–Crippen MR) is 60.0 cm³/mol. The van der Waals surface area contributed by atoms with Crippen LogP contribution in [0.15, 0.2) is 0 Å². The van der Waals surface area contributed by atoms with Crippen molar-refractivity contribution in [1.29, 1.82) is 0 Å². The molecule has 0 saturated heterocycles. The van der Waals surface area contributed by atoms with Crippen LogP contribution in [0.5, 0.6) is 0 Å². The van der Waals surface area contributed by atoms with Gasteiger partial charge in [0.2, 0.25) is 0 Å². The molecule has 1 atom stereocenters. The number of carbonyl (C=O) groups excluding carboxylic acids is 2. The topological polar surface area (TPSA) is 52.6 Å². The zero-order chi connectivity index (χ0) is 11.1. The Balaban J connectivity index is 3.61. The molecule has 0 heterocycles. The van der Waals surface area contributed by atoms with Gasteiger partial charge in [-0.3, -0.25) is 9.59 Å². The van der Waals surface area contributed by atoms with Crippen LogP contribution in [-0.2, 0) is 19.1 Å². The number of rotatable bonds is 5. The first kappa shape index (κ1) is 13.7. The number of carbonyl (C=O) groups is 2. The summed E-state index contributed by atoms with van der Waals surface area (Å²) in [4.78, 5) is 22.0. The van der Waals surface area contributed by atoms with Crippen molar-refractivity contribution >= 4 is 34.5 Å². The minimum absolute atomic E-state index is 0.0822. The molecule has 0 aromatic rings. The van der Waals surface area contributed by atoms with Crippen molar-refractivity contribution < 1.29 is 19.1 Å². The van der Waals surface area contributed by atoms with Crippen molar-refractivity contribution in [2.75, 3.05) is 0 Å².